The highest BCUT2D eigenvalue weighted by atomic mass is 16.5. The molecule has 2 fully saturated rings. The molecule has 2 aromatic carbocycles. The summed E-state index contributed by atoms with van der Waals surface area (Å²) in [6, 6.07) is 12.2. The number of nitrogens with zero attached hydrogens (tertiary/aromatic N) is 2. The van der Waals surface area contributed by atoms with Crippen LogP contribution in [0.2, 0.25) is 0 Å². The van der Waals surface area contributed by atoms with Gasteiger partial charge < -0.3 is 24.6 Å². The molecule has 8 nitrogen and oxygen atoms in total. The van der Waals surface area contributed by atoms with E-state index in [1.54, 1.807) is 53.3 Å². The minimum absolute atomic E-state index is 0.0374. The Balaban J connectivity index is 1.36. The molecule has 2 aromatic rings. The van der Waals surface area contributed by atoms with Gasteiger partial charge in [0.05, 0.1) is 19.8 Å². The maximum absolute atomic E-state index is 13.1. The first-order chi connectivity index (χ1) is 17.0. The van der Waals surface area contributed by atoms with Gasteiger partial charge in [0.15, 0.2) is 0 Å². The summed E-state index contributed by atoms with van der Waals surface area (Å²) in [5.74, 6) is 0.927. The van der Waals surface area contributed by atoms with Crippen LogP contribution in [0.1, 0.15) is 52.8 Å². The fourth-order valence-electron chi connectivity index (χ4n) is 4.78. The maximum atomic E-state index is 13.1. The summed E-state index contributed by atoms with van der Waals surface area (Å²) in [7, 11) is 3.08. The summed E-state index contributed by atoms with van der Waals surface area (Å²) in [6.07, 6.45) is 5.23. The van der Waals surface area contributed by atoms with Crippen LogP contribution in [0.3, 0.4) is 0 Å². The number of hydrogen-bond donors (Lipinski definition) is 1. The Morgan fingerprint density at radius 3 is 2.17 bits per heavy atom. The summed E-state index contributed by atoms with van der Waals surface area (Å²) < 4.78 is 10.6. The van der Waals surface area contributed by atoms with Gasteiger partial charge in [-0.1, -0.05) is 25.3 Å². The van der Waals surface area contributed by atoms with E-state index in [9.17, 15) is 14.4 Å². The molecular formula is C27H33N3O5. The van der Waals surface area contributed by atoms with E-state index in [4.69, 9.17) is 9.47 Å². The molecule has 1 N–H and O–H groups in total. The summed E-state index contributed by atoms with van der Waals surface area (Å²) >= 11 is 0. The Labute approximate surface area is 206 Å². The number of rotatable bonds is 6. The molecule has 1 saturated heterocycles. The van der Waals surface area contributed by atoms with Gasteiger partial charge in [0.1, 0.15) is 11.5 Å². The molecule has 1 heterocycles. The number of anilines is 1. The van der Waals surface area contributed by atoms with Crippen molar-refractivity contribution in [2.45, 2.75) is 32.1 Å². The molecule has 2 aliphatic rings. The number of carbonyl (C=O) groups excluding carboxylic acids is 3. The molecule has 0 bridgehead atoms. The molecule has 35 heavy (non-hydrogen) atoms. The van der Waals surface area contributed by atoms with Crippen molar-refractivity contribution in [1.82, 2.24) is 9.80 Å². The summed E-state index contributed by atoms with van der Waals surface area (Å²) in [4.78, 5) is 42.3. The van der Waals surface area contributed by atoms with Crippen molar-refractivity contribution in [3.63, 3.8) is 0 Å². The van der Waals surface area contributed by atoms with Crippen molar-refractivity contribution < 1.29 is 23.9 Å². The van der Waals surface area contributed by atoms with E-state index >= 15 is 0 Å². The lowest BCUT2D eigenvalue weighted by molar-refractivity contribution is -0.120. The monoisotopic (exact) mass is 479 g/mol. The lowest BCUT2D eigenvalue weighted by atomic mass is 9.88. The molecule has 3 amide bonds. The highest BCUT2D eigenvalue weighted by Crippen LogP contribution is 2.27. The van der Waals surface area contributed by atoms with Crippen LogP contribution in [0.5, 0.6) is 11.5 Å². The maximum Gasteiger partial charge on any atom is 0.257 e. The molecule has 0 spiro atoms. The van der Waals surface area contributed by atoms with E-state index in [1.807, 2.05) is 6.07 Å². The number of ether oxygens (including phenoxy) is 2. The molecule has 0 atom stereocenters. The summed E-state index contributed by atoms with van der Waals surface area (Å²) in [6.45, 7) is 1.72. The predicted octanol–water partition coefficient (Wildman–Crippen LogP) is 3.82. The average Bonchev–Trinajstić information content (AvgIpc) is 2.92. The van der Waals surface area contributed by atoms with Crippen LogP contribution in [-0.2, 0) is 4.79 Å². The minimum atomic E-state index is -0.135. The van der Waals surface area contributed by atoms with Gasteiger partial charge in [-0.05, 0) is 43.2 Å². The van der Waals surface area contributed by atoms with Crippen LogP contribution >= 0.6 is 0 Å². The topological polar surface area (TPSA) is 88.2 Å². The predicted molar refractivity (Wildman–Crippen MR) is 133 cm³/mol. The van der Waals surface area contributed by atoms with Crippen molar-refractivity contribution in [2.75, 3.05) is 45.7 Å². The molecule has 4 rings (SSSR count). The Morgan fingerprint density at radius 2 is 1.51 bits per heavy atom. The molecule has 1 saturated carbocycles. The lowest BCUT2D eigenvalue weighted by Crippen LogP contribution is -2.50. The van der Waals surface area contributed by atoms with Gasteiger partial charge in [0.2, 0.25) is 5.91 Å². The van der Waals surface area contributed by atoms with E-state index in [1.165, 1.54) is 13.5 Å². The van der Waals surface area contributed by atoms with Gasteiger partial charge in [-0.2, -0.15) is 0 Å². The zero-order chi connectivity index (χ0) is 24.8. The van der Waals surface area contributed by atoms with E-state index in [0.29, 0.717) is 54.5 Å². The van der Waals surface area contributed by atoms with Gasteiger partial charge in [-0.25, -0.2) is 0 Å². The fourth-order valence-corrected chi connectivity index (χ4v) is 4.78. The van der Waals surface area contributed by atoms with E-state index in [0.717, 1.165) is 25.7 Å². The Bertz CT molecular complexity index is 1070. The van der Waals surface area contributed by atoms with Crippen LogP contribution in [-0.4, -0.2) is 67.9 Å². The third-order valence-electron chi connectivity index (χ3n) is 6.85. The van der Waals surface area contributed by atoms with Gasteiger partial charge >= 0.3 is 0 Å². The minimum Gasteiger partial charge on any atom is -0.497 e. The first-order valence-corrected chi connectivity index (χ1v) is 12.2. The third-order valence-corrected chi connectivity index (χ3v) is 6.85. The van der Waals surface area contributed by atoms with Crippen molar-refractivity contribution in [3.8, 4) is 11.5 Å². The number of benzene rings is 2. The molecule has 8 heteroatoms. The van der Waals surface area contributed by atoms with Gasteiger partial charge in [0.25, 0.3) is 11.8 Å². The van der Waals surface area contributed by atoms with Crippen molar-refractivity contribution in [2.24, 2.45) is 5.92 Å². The highest BCUT2D eigenvalue weighted by molar-refractivity contribution is 5.99. The number of amides is 3. The Morgan fingerprint density at radius 1 is 0.829 bits per heavy atom. The highest BCUT2D eigenvalue weighted by Gasteiger charge is 2.27. The molecular weight excluding hydrogens is 446 g/mol. The lowest BCUT2D eigenvalue weighted by Gasteiger charge is -2.35. The number of hydrogen-bond acceptors (Lipinski definition) is 5. The smallest absolute Gasteiger partial charge is 0.257 e. The Hall–Kier alpha value is -3.55. The third kappa shape index (κ3) is 5.75. The van der Waals surface area contributed by atoms with Gasteiger partial charge in [-0.3, -0.25) is 14.4 Å². The largest absolute Gasteiger partial charge is 0.497 e. The van der Waals surface area contributed by atoms with Crippen molar-refractivity contribution in [3.05, 3.63) is 53.6 Å². The second-order valence-corrected chi connectivity index (χ2v) is 9.06. The molecule has 1 aliphatic heterocycles. The second kappa shape index (κ2) is 11.3. The molecule has 0 aromatic heterocycles. The van der Waals surface area contributed by atoms with E-state index in [-0.39, 0.29) is 23.6 Å². The number of nitrogens with one attached hydrogen (secondary N) is 1. The number of carbonyl (C=O) groups is 3. The van der Waals surface area contributed by atoms with Crippen LogP contribution in [0.4, 0.5) is 5.69 Å². The van der Waals surface area contributed by atoms with Gasteiger partial charge in [-0.15, -0.1) is 0 Å². The van der Waals surface area contributed by atoms with Gasteiger partial charge in [0, 0.05) is 49.4 Å². The number of methoxy groups -OCH3 is 2. The van der Waals surface area contributed by atoms with Crippen molar-refractivity contribution >= 4 is 23.4 Å². The van der Waals surface area contributed by atoms with Crippen LogP contribution in [0.25, 0.3) is 0 Å². The zero-order valence-corrected chi connectivity index (χ0v) is 20.4. The first kappa shape index (κ1) is 24.6. The second-order valence-electron chi connectivity index (χ2n) is 9.06. The van der Waals surface area contributed by atoms with Crippen LogP contribution < -0.4 is 14.8 Å². The van der Waals surface area contributed by atoms with Crippen LogP contribution in [0.15, 0.2) is 42.5 Å². The average molecular weight is 480 g/mol. The fraction of sp³-hybridized carbons (Fsp3) is 0.444. The summed E-state index contributed by atoms with van der Waals surface area (Å²) in [5.41, 5.74) is 1.64. The summed E-state index contributed by atoms with van der Waals surface area (Å²) in [5, 5.41) is 2.99. The zero-order valence-electron chi connectivity index (χ0n) is 20.4. The quantitative estimate of drug-likeness (QED) is 0.681. The number of piperazine rings is 1. The standard InChI is InChI=1S/C27H33N3O5/c1-34-22-11-12-23(24(18-22)35-2)27(33)30-15-13-29(14-16-30)26(32)20-9-6-10-21(17-20)28-25(31)19-7-4-3-5-8-19/h6,9-12,17-19H,3-5,7-8,13-16H2,1-2H3,(H,28,31). The molecule has 0 radical (unpaired) electrons. The Kier molecular flexibility index (Phi) is 7.90. The van der Waals surface area contributed by atoms with Crippen LogP contribution in [0, 0.1) is 5.92 Å². The van der Waals surface area contributed by atoms with E-state index in [2.05, 4.69) is 5.32 Å². The SMILES string of the molecule is COc1ccc(C(=O)N2CCN(C(=O)c3cccc(NC(=O)C4CCCCC4)c3)CC2)c(OC)c1. The first-order valence-electron chi connectivity index (χ1n) is 12.2. The molecule has 0 unspecified atom stereocenters. The molecule has 1 aliphatic carbocycles. The van der Waals surface area contributed by atoms with Crippen molar-refractivity contribution in [1.29, 1.82) is 0 Å². The molecule has 186 valence electrons. The normalized spacial score (nSPS) is 16.5. The van der Waals surface area contributed by atoms with E-state index < -0.39 is 0 Å².